The Morgan fingerprint density at radius 3 is 2.13 bits per heavy atom. The first kappa shape index (κ1) is 14.2. The number of hydrogen-bond acceptors (Lipinski definition) is 2. The first-order chi connectivity index (χ1) is 6.59. The summed E-state index contributed by atoms with van der Waals surface area (Å²) in [7, 11) is 0. The number of hydrogen-bond donors (Lipinski definition) is 2. The first-order valence-corrected chi connectivity index (χ1v) is 4.20. The molecule has 0 saturated heterocycles. The van der Waals surface area contributed by atoms with E-state index >= 15 is 0 Å². The van der Waals surface area contributed by atoms with Crippen LogP contribution in [0.3, 0.4) is 0 Å². The van der Waals surface area contributed by atoms with E-state index in [1.807, 2.05) is 5.32 Å². The minimum Gasteiger partial charge on any atom is -0.481 e. The lowest BCUT2D eigenvalue weighted by atomic mass is 9.94. The minimum atomic E-state index is -4.13. The average Bonchev–Trinajstić information content (AvgIpc) is 2.02. The predicted molar refractivity (Wildman–Crippen MR) is 45.2 cm³/mol. The number of carboxylic acid groups (broad SMARTS) is 1. The molecule has 0 aromatic carbocycles. The molecule has 0 aliphatic heterocycles. The molecular weight excluding hydrogens is 218 g/mol. The molecule has 0 aliphatic rings. The summed E-state index contributed by atoms with van der Waals surface area (Å²) in [5.74, 6) is -5.32. The van der Waals surface area contributed by atoms with Crippen molar-refractivity contribution in [2.75, 3.05) is 13.1 Å². The third-order valence-corrected chi connectivity index (χ3v) is 1.83. The zero-order valence-electron chi connectivity index (χ0n) is 8.36. The molecule has 0 bridgehead atoms. The second kappa shape index (κ2) is 4.78. The van der Waals surface area contributed by atoms with Crippen molar-refractivity contribution in [3.63, 3.8) is 0 Å². The lowest BCUT2D eigenvalue weighted by Gasteiger charge is -2.22. The van der Waals surface area contributed by atoms with Crippen LogP contribution in [0.25, 0.3) is 0 Å². The molecule has 0 aromatic rings. The fourth-order valence-corrected chi connectivity index (χ4v) is 0.694. The monoisotopic (exact) mass is 231 g/mol. The highest BCUT2D eigenvalue weighted by Crippen LogP contribution is 2.22. The van der Waals surface area contributed by atoms with Crippen molar-refractivity contribution in [3.05, 3.63) is 0 Å². The standard InChI is InChI=1S/C8H13F4NO2/c1-7(2,6(14)15)3-13-4-8(11,12)5(9)10/h5,13H,3-4H2,1-2H3,(H,14,15). The Balaban J connectivity index is 4.05. The van der Waals surface area contributed by atoms with Gasteiger partial charge < -0.3 is 10.4 Å². The Hall–Kier alpha value is -0.850. The van der Waals surface area contributed by atoms with Gasteiger partial charge in [-0.15, -0.1) is 0 Å². The Morgan fingerprint density at radius 2 is 1.80 bits per heavy atom. The van der Waals surface area contributed by atoms with Crippen LogP contribution >= 0.6 is 0 Å². The SMILES string of the molecule is CC(C)(CNCC(F)(F)C(F)F)C(=O)O. The molecule has 3 nitrogen and oxygen atoms in total. The topological polar surface area (TPSA) is 49.3 Å². The van der Waals surface area contributed by atoms with Crippen molar-refractivity contribution < 1.29 is 27.5 Å². The van der Waals surface area contributed by atoms with Crippen LogP contribution in [0.2, 0.25) is 0 Å². The molecule has 0 unspecified atom stereocenters. The second-order valence-corrected chi connectivity index (χ2v) is 3.85. The second-order valence-electron chi connectivity index (χ2n) is 3.85. The van der Waals surface area contributed by atoms with Crippen LogP contribution in [-0.4, -0.2) is 36.5 Å². The molecule has 0 radical (unpaired) electrons. The van der Waals surface area contributed by atoms with Crippen molar-refractivity contribution in [2.24, 2.45) is 5.41 Å². The number of carboxylic acids is 1. The van der Waals surface area contributed by atoms with Gasteiger partial charge in [0.1, 0.15) is 0 Å². The molecule has 0 heterocycles. The summed E-state index contributed by atoms with van der Waals surface area (Å²) < 4.78 is 48.1. The van der Waals surface area contributed by atoms with Gasteiger partial charge in [-0.25, -0.2) is 8.78 Å². The Bertz CT molecular complexity index is 231. The van der Waals surface area contributed by atoms with Crippen LogP contribution in [0.4, 0.5) is 17.6 Å². The fourth-order valence-electron chi connectivity index (χ4n) is 0.694. The van der Waals surface area contributed by atoms with Gasteiger partial charge in [0, 0.05) is 6.54 Å². The average molecular weight is 231 g/mol. The van der Waals surface area contributed by atoms with E-state index in [-0.39, 0.29) is 6.54 Å². The predicted octanol–water partition coefficient (Wildman–Crippen LogP) is 1.59. The van der Waals surface area contributed by atoms with Gasteiger partial charge in [-0.1, -0.05) is 0 Å². The maximum atomic E-state index is 12.4. The van der Waals surface area contributed by atoms with E-state index in [2.05, 4.69) is 0 Å². The van der Waals surface area contributed by atoms with E-state index in [4.69, 9.17) is 5.11 Å². The van der Waals surface area contributed by atoms with Gasteiger partial charge in [0.25, 0.3) is 0 Å². The molecule has 0 aromatic heterocycles. The zero-order chi connectivity index (χ0) is 12.3. The number of rotatable bonds is 6. The van der Waals surface area contributed by atoms with Crippen molar-refractivity contribution >= 4 is 5.97 Å². The van der Waals surface area contributed by atoms with Crippen molar-refractivity contribution in [2.45, 2.75) is 26.2 Å². The van der Waals surface area contributed by atoms with Gasteiger partial charge in [-0.3, -0.25) is 4.79 Å². The summed E-state index contributed by atoms with van der Waals surface area (Å²) >= 11 is 0. The molecule has 0 saturated carbocycles. The van der Waals surface area contributed by atoms with Crippen LogP contribution in [0, 0.1) is 5.41 Å². The zero-order valence-corrected chi connectivity index (χ0v) is 8.36. The van der Waals surface area contributed by atoms with Gasteiger partial charge in [0.05, 0.1) is 12.0 Å². The molecule has 0 rings (SSSR count). The molecular formula is C8H13F4NO2. The van der Waals surface area contributed by atoms with Crippen molar-refractivity contribution in [1.29, 1.82) is 0 Å². The summed E-state index contributed by atoms with van der Waals surface area (Å²) in [5.41, 5.74) is -1.27. The normalized spacial score (nSPS) is 13.3. The lowest BCUT2D eigenvalue weighted by Crippen LogP contribution is -2.44. The third kappa shape index (κ3) is 4.46. The first-order valence-electron chi connectivity index (χ1n) is 4.20. The summed E-state index contributed by atoms with van der Waals surface area (Å²) in [6.45, 7) is 1.08. The Kier molecular flexibility index (Phi) is 4.51. The molecule has 0 fully saturated rings. The summed E-state index contributed by atoms with van der Waals surface area (Å²) in [4.78, 5) is 10.5. The minimum absolute atomic E-state index is 0.301. The molecule has 2 N–H and O–H groups in total. The maximum Gasteiger partial charge on any atom is 0.319 e. The number of carbonyl (C=O) groups is 1. The van der Waals surface area contributed by atoms with Gasteiger partial charge in [-0.05, 0) is 13.8 Å². The van der Waals surface area contributed by atoms with Gasteiger partial charge in [-0.2, -0.15) is 8.78 Å². The lowest BCUT2D eigenvalue weighted by molar-refractivity contribution is -0.147. The van der Waals surface area contributed by atoms with Crippen LogP contribution in [0.1, 0.15) is 13.8 Å². The van der Waals surface area contributed by atoms with E-state index in [9.17, 15) is 22.4 Å². The summed E-state index contributed by atoms with van der Waals surface area (Å²) in [6.07, 6.45) is -3.75. The van der Waals surface area contributed by atoms with E-state index in [1.165, 1.54) is 13.8 Å². The molecule has 0 spiro atoms. The van der Waals surface area contributed by atoms with Crippen LogP contribution < -0.4 is 5.32 Å². The van der Waals surface area contributed by atoms with Crippen molar-refractivity contribution in [3.8, 4) is 0 Å². The molecule has 15 heavy (non-hydrogen) atoms. The van der Waals surface area contributed by atoms with E-state index in [0.717, 1.165) is 0 Å². The van der Waals surface area contributed by atoms with Gasteiger partial charge in [0.2, 0.25) is 0 Å². The smallest absolute Gasteiger partial charge is 0.319 e. The van der Waals surface area contributed by atoms with E-state index in [0.29, 0.717) is 0 Å². The molecule has 0 amide bonds. The molecule has 0 atom stereocenters. The van der Waals surface area contributed by atoms with E-state index < -0.39 is 30.3 Å². The highest BCUT2D eigenvalue weighted by Gasteiger charge is 2.40. The number of aliphatic carboxylic acids is 1. The number of nitrogens with one attached hydrogen (secondary N) is 1. The molecule has 90 valence electrons. The summed E-state index contributed by atoms with van der Waals surface area (Å²) in [6, 6.07) is 0. The van der Waals surface area contributed by atoms with Gasteiger partial charge in [0.15, 0.2) is 0 Å². The Morgan fingerprint density at radius 1 is 1.33 bits per heavy atom. The highest BCUT2D eigenvalue weighted by atomic mass is 19.3. The third-order valence-electron chi connectivity index (χ3n) is 1.83. The van der Waals surface area contributed by atoms with Gasteiger partial charge >= 0.3 is 18.3 Å². The maximum absolute atomic E-state index is 12.4. The van der Waals surface area contributed by atoms with Crippen LogP contribution in [0.5, 0.6) is 0 Å². The largest absolute Gasteiger partial charge is 0.481 e. The number of halogens is 4. The fraction of sp³-hybridized carbons (Fsp3) is 0.875. The summed E-state index contributed by atoms with van der Waals surface area (Å²) in [5, 5.41) is 10.6. The molecule has 0 aliphatic carbocycles. The van der Waals surface area contributed by atoms with Crippen LogP contribution in [-0.2, 0) is 4.79 Å². The van der Waals surface area contributed by atoms with Crippen molar-refractivity contribution in [1.82, 2.24) is 5.32 Å². The van der Waals surface area contributed by atoms with Crippen LogP contribution in [0.15, 0.2) is 0 Å². The van der Waals surface area contributed by atoms with E-state index in [1.54, 1.807) is 0 Å². The number of alkyl halides is 4. The quantitative estimate of drug-likeness (QED) is 0.682. The molecule has 7 heteroatoms. The highest BCUT2D eigenvalue weighted by molar-refractivity contribution is 5.73. The Labute approximate surface area is 84.5 Å².